The van der Waals surface area contributed by atoms with Crippen molar-refractivity contribution in [3.05, 3.63) is 63.5 Å². The van der Waals surface area contributed by atoms with E-state index in [-0.39, 0.29) is 35.3 Å². The van der Waals surface area contributed by atoms with Crippen LogP contribution in [0.15, 0.2) is 35.9 Å². The number of aromatic nitrogens is 2. The van der Waals surface area contributed by atoms with E-state index < -0.39 is 5.92 Å². The maximum Gasteiger partial charge on any atom is 0.271 e. The number of allylic oxidation sites excluding steroid dienone is 1. The Balaban J connectivity index is 2.38. The van der Waals surface area contributed by atoms with Gasteiger partial charge >= 0.3 is 0 Å². The fourth-order valence-electron chi connectivity index (χ4n) is 3.91. The van der Waals surface area contributed by atoms with E-state index in [1.165, 1.54) is 29.4 Å². The van der Waals surface area contributed by atoms with E-state index in [4.69, 9.17) is 11.6 Å². The third-order valence-electron chi connectivity index (χ3n) is 6.08. The van der Waals surface area contributed by atoms with Crippen molar-refractivity contribution in [2.45, 2.75) is 46.1 Å². The third kappa shape index (κ3) is 8.01. The molecule has 38 heavy (non-hydrogen) atoms. The van der Waals surface area contributed by atoms with Gasteiger partial charge in [0.1, 0.15) is 12.0 Å². The van der Waals surface area contributed by atoms with Gasteiger partial charge in [0.25, 0.3) is 11.8 Å². The summed E-state index contributed by atoms with van der Waals surface area (Å²) >= 11 is 6.29. The van der Waals surface area contributed by atoms with Crippen LogP contribution < -0.4 is 10.6 Å². The first-order valence-electron chi connectivity index (χ1n) is 12.2. The minimum atomic E-state index is -3.03. The van der Waals surface area contributed by atoms with E-state index in [0.717, 1.165) is 6.92 Å². The van der Waals surface area contributed by atoms with Crippen LogP contribution in [-0.4, -0.2) is 70.9 Å². The van der Waals surface area contributed by atoms with Crippen LogP contribution in [0.25, 0.3) is 0 Å². The number of likely N-dealkylation sites (N-methyl/N-ethyl adjacent to an activating group) is 1. The molecule has 0 radical (unpaired) electrons. The fraction of sp³-hybridized carbons (Fsp3) is 0.462. The number of halogens is 3. The van der Waals surface area contributed by atoms with E-state index in [1.807, 2.05) is 11.8 Å². The maximum atomic E-state index is 13.8. The van der Waals surface area contributed by atoms with Crippen LogP contribution in [0.5, 0.6) is 5.75 Å². The molecular weight excluding hydrogens is 518 g/mol. The molecular formula is C26H35ClF2N6O3. The van der Waals surface area contributed by atoms with Gasteiger partial charge in [-0.2, -0.15) is 0 Å². The number of nitrogens with zero attached hydrogens (tertiary/aromatic N) is 4. The normalized spacial score (nSPS) is 12.0. The number of aromatic hydroxyl groups is 1. The Labute approximate surface area is 226 Å². The second kappa shape index (κ2) is 13.9. The second-order valence-corrected chi connectivity index (χ2v) is 9.26. The Morgan fingerprint density at radius 1 is 1.26 bits per heavy atom. The summed E-state index contributed by atoms with van der Waals surface area (Å²) in [5.74, 6) is -3.37. The van der Waals surface area contributed by atoms with Gasteiger partial charge in [0.05, 0.1) is 11.4 Å². The predicted molar refractivity (Wildman–Crippen MR) is 142 cm³/mol. The van der Waals surface area contributed by atoms with E-state index in [9.17, 15) is 23.5 Å². The highest BCUT2D eigenvalue weighted by molar-refractivity contribution is 6.31. The number of amides is 2. The molecule has 9 nitrogen and oxygen atoms in total. The van der Waals surface area contributed by atoms with Gasteiger partial charge in [0.2, 0.25) is 6.41 Å². The molecule has 0 bridgehead atoms. The molecule has 12 heteroatoms. The summed E-state index contributed by atoms with van der Waals surface area (Å²) in [4.78, 5) is 36.1. The monoisotopic (exact) mass is 552 g/mol. The molecule has 2 amide bonds. The van der Waals surface area contributed by atoms with Crippen LogP contribution in [0, 0.1) is 6.92 Å². The number of hydrogen-bond donors (Lipinski definition) is 3. The first-order chi connectivity index (χ1) is 17.9. The first kappa shape index (κ1) is 30.8. The lowest BCUT2D eigenvalue weighted by atomic mass is 10.1. The number of nitrogens with one attached hydrogen (secondary N) is 2. The quantitative estimate of drug-likeness (QED) is 0.187. The molecule has 0 saturated heterocycles. The van der Waals surface area contributed by atoms with Crippen LogP contribution in [-0.2, 0) is 28.5 Å². The van der Waals surface area contributed by atoms with E-state index >= 15 is 0 Å². The molecule has 0 atom stereocenters. The lowest BCUT2D eigenvalue weighted by Crippen LogP contribution is -2.42. The molecule has 0 aliphatic carbocycles. The third-order valence-corrected chi connectivity index (χ3v) is 6.43. The molecule has 0 fully saturated rings. The first-order valence-corrected chi connectivity index (χ1v) is 12.6. The highest BCUT2D eigenvalue weighted by atomic mass is 35.5. The molecule has 2 rings (SSSR count). The van der Waals surface area contributed by atoms with Gasteiger partial charge in [-0.1, -0.05) is 30.7 Å². The van der Waals surface area contributed by atoms with Crippen LogP contribution in [0.3, 0.4) is 0 Å². The van der Waals surface area contributed by atoms with E-state index in [2.05, 4.69) is 20.6 Å². The van der Waals surface area contributed by atoms with Crippen LogP contribution >= 0.6 is 11.6 Å². The summed E-state index contributed by atoms with van der Waals surface area (Å²) in [5, 5.41) is 16.2. The lowest BCUT2D eigenvalue weighted by Gasteiger charge is -2.31. The number of carbonyl (C=O) groups excluding carboxylic acids is 2. The number of aryl methyl sites for hydroxylation is 1. The van der Waals surface area contributed by atoms with Crippen LogP contribution in [0.4, 0.5) is 8.78 Å². The van der Waals surface area contributed by atoms with Crippen molar-refractivity contribution >= 4 is 23.9 Å². The molecule has 0 aliphatic rings. The number of benzene rings is 1. The Kier molecular flexibility index (Phi) is 11.2. The predicted octanol–water partition coefficient (Wildman–Crippen LogP) is 3.35. The van der Waals surface area contributed by atoms with Crippen molar-refractivity contribution in [2.24, 2.45) is 0 Å². The van der Waals surface area contributed by atoms with Gasteiger partial charge < -0.3 is 25.5 Å². The maximum absolute atomic E-state index is 13.8. The SMILES string of the molecule is CC/C(NC)=C(/C(=O)N(C)Cc1ccc(C(C)(F)F)cc1Cl)N(CCNC=O)CCc1ncnc(C)c1O. The molecule has 1 heterocycles. The largest absolute Gasteiger partial charge is 0.504 e. The fourth-order valence-corrected chi connectivity index (χ4v) is 4.15. The smallest absolute Gasteiger partial charge is 0.271 e. The molecule has 2 aromatic rings. The zero-order valence-corrected chi connectivity index (χ0v) is 23.1. The minimum absolute atomic E-state index is 0.00693. The number of carbonyl (C=O) groups is 2. The molecule has 3 N–H and O–H groups in total. The van der Waals surface area contributed by atoms with Gasteiger partial charge in [-0.25, -0.2) is 18.7 Å². The van der Waals surface area contributed by atoms with Crippen molar-refractivity contribution in [1.29, 1.82) is 0 Å². The van der Waals surface area contributed by atoms with Gasteiger partial charge in [-0.15, -0.1) is 0 Å². The van der Waals surface area contributed by atoms with Crippen LogP contribution in [0.2, 0.25) is 5.02 Å². The highest BCUT2D eigenvalue weighted by Gasteiger charge is 2.27. The van der Waals surface area contributed by atoms with Gasteiger partial charge in [0, 0.05) is 69.9 Å². The Hall–Kier alpha value is -3.47. The molecule has 208 valence electrons. The average molecular weight is 553 g/mol. The molecule has 0 spiro atoms. The molecule has 0 aliphatic heterocycles. The number of rotatable bonds is 14. The van der Waals surface area contributed by atoms with E-state index in [1.54, 1.807) is 21.0 Å². The summed E-state index contributed by atoms with van der Waals surface area (Å²) in [6.45, 7) is 5.36. The molecule has 1 aromatic carbocycles. The second-order valence-electron chi connectivity index (χ2n) is 8.85. The van der Waals surface area contributed by atoms with Crippen molar-refractivity contribution < 1.29 is 23.5 Å². The van der Waals surface area contributed by atoms with Crippen molar-refractivity contribution in [3.8, 4) is 5.75 Å². The van der Waals surface area contributed by atoms with Gasteiger partial charge in [-0.05, 0) is 25.0 Å². The van der Waals surface area contributed by atoms with Crippen LogP contribution in [0.1, 0.15) is 42.8 Å². The molecule has 0 unspecified atom stereocenters. The molecule has 0 saturated carbocycles. The number of hydrogen-bond acceptors (Lipinski definition) is 7. The Morgan fingerprint density at radius 2 is 1.97 bits per heavy atom. The van der Waals surface area contributed by atoms with E-state index in [0.29, 0.717) is 60.7 Å². The molecule has 1 aromatic heterocycles. The summed E-state index contributed by atoms with van der Waals surface area (Å²) in [5.41, 5.74) is 2.25. The number of alkyl halides is 2. The van der Waals surface area contributed by atoms with Gasteiger partial charge in [-0.3, -0.25) is 9.59 Å². The van der Waals surface area contributed by atoms with Crippen molar-refractivity contribution in [2.75, 3.05) is 33.7 Å². The average Bonchev–Trinajstić information content (AvgIpc) is 2.87. The highest BCUT2D eigenvalue weighted by Crippen LogP contribution is 2.31. The zero-order chi connectivity index (χ0) is 28.5. The standard InChI is InChI=1S/C26H35ClF2N6O3/c1-6-21(30-4)23(25(38)34(5)14-18-7-8-19(13-20(18)27)26(3,28)29)35(12-10-31-16-36)11-9-22-24(37)17(2)32-15-33-22/h7-8,13,15-16,30,37H,6,9-12,14H2,1-5H3,(H,31,36)/b23-21+. The summed E-state index contributed by atoms with van der Waals surface area (Å²) in [6, 6.07) is 4.01. The van der Waals surface area contributed by atoms with Gasteiger partial charge in [0.15, 0.2) is 5.75 Å². The minimum Gasteiger partial charge on any atom is -0.504 e. The summed E-state index contributed by atoms with van der Waals surface area (Å²) in [7, 11) is 3.32. The lowest BCUT2D eigenvalue weighted by molar-refractivity contribution is -0.128. The summed E-state index contributed by atoms with van der Waals surface area (Å²) < 4.78 is 27.4. The zero-order valence-electron chi connectivity index (χ0n) is 22.3. The van der Waals surface area contributed by atoms with Crippen molar-refractivity contribution in [1.82, 2.24) is 30.4 Å². The summed E-state index contributed by atoms with van der Waals surface area (Å²) in [6.07, 6.45) is 2.78. The Bertz CT molecular complexity index is 1150. The Morgan fingerprint density at radius 3 is 2.55 bits per heavy atom. The topological polar surface area (TPSA) is 111 Å². The van der Waals surface area contributed by atoms with Crippen molar-refractivity contribution in [3.63, 3.8) is 0 Å².